The molecule has 1 fully saturated rings. The van der Waals surface area contributed by atoms with Crippen LogP contribution in [0.4, 0.5) is 5.69 Å². The Morgan fingerprint density at radius 1 is 1.00 bits per heavy atom. The van der Waals surface area contributed by atoms with Crippen molar-refractivity contribution in [1.82, 2.24) is 0 Å². The number of ketones is 1. The number of carbonyl (C=O) groups excluding carboxylic acids is 3. The van der Waals surface area contributed by atoms with Crippen LogP contribution in [0.25, 0.3) is 5.76 Å². The molecule has 39 heavy (non-hydrogen) atoms. The number of fused-ring (bicyclic) bond motifs is 1. The molecule has 1 saturated heterocycles. The third-order valence-corrected chi connectivity index (χ3v) is 7.26. The fourth-order valence-electron chi connectivity index (χ4n) is 5.14. The van der Waals surface area contributed by atoms with Gasteiger partial charge in [-0.05, 0) is 71.3 Å². The maximum absolute atomic E-state index is 13.6. The summed E-state index contributed by atoms with van der Waals surface area (Å²) in [6.07, 6.45) is 1.65. The summed E-state index contributed by atoms with van der Waals surface area (Å²) in [5, 5.41) is 11.5. The normalized spacial score (nSPS) is 18.5. The molecular formula is C32H31NO6. The molecule has 7 nitrogen and oxygen atoms in total. The van der Waals surface area contributed by atoms with Crippen LogP contribution in [0, 0.1) is 0 Å². The van der Waals surface area contributed by atoms with Crippen molar-refractivity contribution in [3.05, 3.63) is 100 Å². The van der Waals surface area contributed by atoms with Crippen molar-refractivity contribution in [2.45, 2.75) is 45.1 Å². The van der Waals surface area contributed by atoms with E-state index in [-0.39, 0.29) is 22.3 Å². The highest BCUT2D eigenvalue weighted by Gasteiger charge is 2.47. The highest BCUT2D eigenvalue weighted by molar-refractivity contribution is 6.51. The summed E-state index contributed by atoms with van der Waals surface area (Å²) in [7, 11) is 1.28. The molecule has 3 aromatic carbocycles. The van der Waals surface area contributed by atoms with Crippen molar-refractivity contribution in [2.24, 2.45) is 0 Å². The van der Waals surface area contributed by atoms with Crippen molar-refractivity contribution >= 4 is 29.1 Å². The average molecular weight is 526 g/mol. The predicted molar refractivity (Wildman–Crippen MR) is 148 cm³/mol. The van der Waals surface area contributed by atoms with E-state index >= 15 is 0 Å². The number of aliphatic hydroxyl groups excluding tert-OH is 1. The van der Waals surface area contributed by atoms with Gasteiger partial charge in [0.05, 0.1) is 30.9 Å². The largest absolute Gasteiger partial charge is 0.507 e. The number of hydrogen-bond acceptors (Lipinski definition) is 6. The molecule has 3 aromatic rings. The lowest BCUT2D eigenvalue weighted by atomic mass is 9.85. The van der Waals surface area contributed by atoms with Gasteiger partial charge in [0.25, 0.3) is 11.7 Å². The third-order valence-electron chi connectivity index (χ3n) is 7.26. The van der Waals surface area contributed by atoms with Crippen LogP contribution in [-0.2, 0) is 26.2 Å². The summed E-state index contributed by atoms with van der Waals surface area (Å²) in [6, 6.07) is 18.5. The maximum Gasteiger partial charge on any atom is 0.337 e. The van der Waals surface area contributed by atoms with Gasteiger partial charge < -0.3 is 14.6 Å². The van der Waals surface area contributed by atoms with Crippen LogP contribution in [0.2, 0.25) is 0 Å². The molecule has 1 unspecified atom stereocenters. The molecule has 0 spiro atoms. The summed E-state index contributed by atoms with van der Waals surface area (Å²) in [6.45, 7) is 6.95. The Balaban J connectivity index is 1.69. The highest BCUT2D eigenvalue weighted by atomic mass is 16.5. The number of benzene rings is 3. The van der Waals surface area contributed by atoms with Crippen molar-refractivity contribution in [2.75, 3.05) is 18.6 Å². The van der Waals surface area contributed by atoms with Gasteiger partial charge in [-0.1, -0.05) is 51.1 Å². The van der Waals surface area contributed by atoms with Gasteiger partial charge in [0.15, 0.2) is 0 Å². The van der Waals surface area contributed by atoms with Crippen molar-refractivity contribution in [3.8, 4) is 5.75 Å². The average Bonchev–Trinajstić information content (AvgIpc) is 3.21. The van der Waals surface area contributed by atoms with Gasteiger partial charge in [0.1, 0.15) is 11.5 Å². The quantitative estimate of drug-likeness (QED) is 0.203. The number of aliphatic hydroxyl groups is 1. The zero-order chi connectivity index (χ0) is 27.9. The molecule has 2 aliphatic rings. The second-order valence-electron chi connectivity index (χ2n) is 10.9. The van der Waals surface area contributed by atoms with Gasteiger partial charge in [-0.2, -0.15) is 0 Å². The van der Waals surface area contributed by atoms with E-state index in [1.165, 1.54) is 18.1 Å². The first kappa shape index (κ1) is 26.2. The summed E-state index contributed by atoms with van der Waals surface area (Å²) in [5.41, 5.74) is 3.62. The Labute approximate surface area is 227 Å². The lowest BCUT2D eigenvalue weighted by molar-refractivity contribution is -0.132. The van der Waals surface area contributed by atoms with Crippen LogP contribution >= 0.6 is 0 Å². The standard InChI is InChI=1S/C32H31NO6/c1-32(2,3)23-13-10-19(11-14-23)27-26(28(34)21-12-15-25-20(17-21)8-6-16-39-25)29(35)30(36)33(27)24-9-5-7-22(18-24)31(37)38-4/h5,7,9-15,17-18,27,34H,6,8,16H2,1-4H3/b28-26-. The molecule has 0 saturated carbocycles. The smallest absolute Gasteiger partial charge is 0.337 e. The molecule has 200 valence electrons. The fraction of sp³-hybridized carbons (Fsp3) is 0.281. The van der Waals surface area contributed by atoms with Gasteiger partial charge in [-0.15, -0.1) is 0 Å². The number of carbonyl (C=O) groups is 3. The first-order chi connectivity index (χ1) is 18.6. The van der Waals surface area contributed by atoms with Crippen LogP contribution < -0.4 is 9.64 Å². The van der Waals surface area contributed by atoms with E-state index in [4.69, 9.17) is 9.47 Å². The minimum atomic E-state index is -0.904. The SMILES string of the molecule is COC(=O)c1cccc(N2C(=O)C(=O)/C(=C(\O)c3ccc4c(c3)CCCO4)C2c2ccc(C(C)(C)C)cc2)c1. The Kier molecular flexibility index (Phi) is 6.76. The van der Waals surface area contributed by atoms with E-state index in [9.17, 15) is 19.5 Å². The second-order valence-corrected chi connectivity index (χ2v) is 10.9. The molecule has 0 aliphatic carbocycles. The number of aryl methyl sites for hydroxylation is 1. The number of anilines is 1. The minimum Gasteiger partial charge on any atom is -0.507 e. The highest BCUT2D eigenvalue weighted by Crippen LogP contribution is 2.43. The lowest BCUT2D eigenvalue weighted by Crippen LogP contribution is -2.29. The first-order valence-corrected chi connectivity index (χ1v) is 13.0. The second kappa shape index (κ2) is 10.1. The van der Waals surface area contributed by atoms with Gasteiger partial charge in [-0.3, -0.25) is 14.5 Å². The van der Waals surface area contributed by atoms with Crippen molar-refractivity contribution in [1.29, 1.82) is 0 Å². The molecule has 1 amide bonds. The molecule has 2 heterocycles. The molecule has 5 rings (SSSR count). The van der Waals surface area contributed by atoms with Gasteiger partial charge >= 0.3 is 5.97 Å². The number of amides is 1. The Hall–Kier alpha value is -4.39. The third kappa shape index (κ3) is 4.80. The molecule has 0 aromatic heterocycles. The van der Waals surface area contributed by atoms with E-state index in [2.05, 4.69) is 20.8 Å². The summed E-state index contributed by atoms with van der Waals surface area (Å²) < 4.78 is 10.6. The first-order valence-electron chi connectivity index (χ1n) is 13.0. The molecule has 2 aliphatic heterocycles. The van der Waals surface area contributed by atoms with Crippen LogP contribution in [0.15, 0.2) is 72.3 Å². The minimum absolute atomic E-state index is 0.0105. The number of esters is 1. The van der Waals surface area contributed by atoms with Crippen LogP contribution in [-0.4, -0.2) is 36.5 Å². The van der Waals surface area contributed by atoms with E-state index in [1.54, 1.807) is 30.3 Å². The molecular weight excluding hydrogens is 494 g/mol. The molecule has 0 radical (unpaired) electrons. The zero-order valence-corrected chi connectivity index (χ0v) is 22.5. The zero-order valence-electron chi connectivity index (χ0n) is 22.5. The van der Waals surface area contributed by atoms with Crippen LogP contribution in [0.3, 0.4) is 0 Å². The van der Waals surface area contributed by atoms with E-state index in [0.717, 1.165) is 29.7 Å². The fourth-order valence-corrected chi connectivity index (χ4v) is 5.14. The summed E-state index contributed by atoms with van der Waals surface area (Å²) >= 11 is 0. The molecule has 1 N–H and O–H groups in total. The number of ether oxygens (including phenoxy) is 2. The Morgan fingerprint density at radius 3 is 2.44 bits per heavy atom. The molecule has 1 atom stereocenters. The number of rotatable bonds is 4. The van der Waals surface area contributed by atoms with Crippen molar-refractivity contribution in [3.63, 3.8) is 0 Å². The van der Waals surface area contributed by atoms with Crippen molar-refractivity contribution < 1.29 is 29.0 Å². The van der Waals surface area contributed by atoms with E-state index in [0.29, 0.717) is 23.4 Å². The predicted octanol–water partition coefficient (Wildman–Crippen LogP) is 5.72. The topological polar surface area (TPSA) is 93.1 Å². The van der Waals surface area contributed by atoms with E-state index in [1.807, 2.05) is 30.3 Å². The van der Waals surface area contributed by atoms with Gasteiger partial charge in [0, 0.05) is 11.3 Å². The monoisotopic (exact) mass is 525 g/mol. The number of hydrogen-bond donors (Lipinski definition) is 1. The van der Waals surface area contributed by atoms with Crippen LogP contribution in [0.1, 0.15) is 65.8 Å². The Bertz CT molecular complexity index is 1500. The van der Waals surface area contributed by atoms with E-state index < -0.39 is 23.7 Å². The Morgan fingerprint density at radius 2 is 1.74 bits per heavy atom. The number of nitrogens with zero attached hydrogens (tertiary/aromatic N) is 1. The summed E-state index contributed by atoms with van der Waals surface area (Å²) in [4.78, 5) is 40.7. The summed E-state index contributed by atoms with van der Waals surface area (Å²) in [5.74, 6) is -1.64. The van der Waals surface area contributed by atoms with Gasteiger partial charge in [0.2, 0.25) is 0 Å². The number of methoxy groups -OCH3 is 1. The van der Waals surface area contributed by atoms with Crippen LogP contribution in [0.5, 0.6) is 5.75 Å². The van der Waals surface area contributed by atoms with Gasteiger partial charge in [-0.25, -0.2) is 4.79 Å². The molecule has 7 heteroatoms. The lowest BCUT2D eigenvalue weighted by Gasteiger charge is -2.27. The number of Topliss-reactive ketones (excluding diaryl/α,β-unsaturated/α-hetero) is 1. The molecule has 0 bridgehead atoms. The maximum atomic E-state index is 13.6.